The first-order valence-corrected chi connectivity index (χ1v) is 6.57. The van der Waals surface area contributed by atoms with Crippen LogP contribution in [0.5, 0.6) is 11.5 Å². The third-order valence-electron chi connectivity index (χ3n) is 2.86. The normalized spacial score (nSPS) is 10.2. The summed E-state index contributed by atoms with van der Waals surface area (Å²) >= 11 is 6.18. The lowest BCUT2D eigenvalue weighted by molar-refractivity contribution is 0.355. The minimum absolute atomic E-state index is 0.533. The molecule has 0 radical (unpaired) electrons. The maximum Gasteiger partial charge on any atom is 0.179 e. The van der Waals surface area contributed by atoms with E-state index < -0.39 is 0 Å². The van der Waals surface area contributed by atoms with E-state index in [0.717, 1.165) is 16.8 Å². The van der Waals surface area contributed by atoms with Crippen LogP contribution in [-0.4, -0.2) is 19.2 Å². The summed E-state index contributed by atoms with van der Waals surface area (Å²) < 4.78 is 10.5. The number of halogens is 1. The zero-order valence-electron chi connectivity index (χ0n) is 11.7. The maximum atomic E-state index is 6.18. The minimum Gasteiger partial charge on any atom is -0.493 e. The van der Waals surface area contributed by atoms with Crippen molar-refractivity contribution in [3.05, 3.63) is 46.7 Å². The molecule has 0 spiro atoms. The van der Waals surface area contributed by atoms with Gasteiger partial charge in [0.2, 0.25) is 0 Å². The number of ether oxygens (including phenoxy) is 2. The largest absolute Gasteiger partial charge is 0.493 e. The van der Waals surface area contributed by atoms with Gasteiger partial charge < -0.3 is 14.8 Å². The Kier molecular flexibility index (Phi) is 4.69. The molecule has 2 aromatic rings. The predicted molar refractivity (Wildman–Crippen MR) is 80.9 cm³/mol. The lowest BCUT2D eigenvalue weighted by Crippen LogP contribution is -2.01. The van der Waals surface area contributed by atoms with Crippen molar-refractivity contribution in [2.75, 3.05) is 19.5 Å². The molecule has 4 nitrogen and oxygen atoms in total. The number of anilines is 1. The van der Waals surface area contributed by atoms with Crippen LogP contribution in [0.1, 0.15) is 11.1 Å². The molecule has 1 aromatic heterocycles. The van der Waals surface area contributed by atoms with Crippen LogP contribution in [0.15, 0.2) is 30.6 Å². The number of benzene rings is 1. The molecule has 0 aliphatic rings. The molecule has 0 saturated heterocycles. The molecule has 106 valence electrons. The molecule has 1 aromatic carbocycles. The highest BCUT2D eigenvalue weighted by Crippen LogP contribution is 2.36. The van der Waals surface area contributed by atoms with Crippen LogP contribution in [-0.2, 0) is 6.54 Å². The molecule has 0 aliphatic heterocycles. The third-order valence-corrected chi connectivity index (χ3v) is 3.15. The number of nitrogens with zero attached hydrogens (tertiary/aromatic N) is 1. The molecule has 0 saturated carbocycles. The lowest BCUT2D eigenvalue weighted by atomic mass is 10.2. The Labute approximate surface area is 123 Å². The van der Waals surface area contributed by atoms with Gasteiger partial charge in [-0.05, 0) is 36.2 Å². The molecule has 0 fully saturated rings. The van der Waals surface area contributed by atoms with Gasteiger partial charge in [-0.3, -0.25) is 4.98 Å². The maximum absolute atomic E-state index is 6.18. The first-order valence-electron chi connectivity index (χ1n) is 6.20. The number of aromatic nitrogens is 1. The molecule has 0 unspecified atom stereocenters. The topological polar surface area (TPSA) is 43.4 Å². The Hall–Kier alpha value is -1.94. The highest BCUT2D eigenvalue weighted by molar-refractivity contribution is 6.32. The molecule has 1 N–H and O–H groups in total. The van der Waals surface area contributed by atoms with Crippen molar-refractivity contribution >= 4 is 17.3 Å². The van der Waals surface area contributed by atoms with Crippen molar-refractivity contribution < 1.29 is 9.47 Å². The summed E-state index contributed by atoms with van der Waals surface area (Å²) in [6, 6.07) is 5.80. The molecular weight excluding hydrogens is 276 g/mol. The summed E-state index contributed by atoms with van der Waals surface area (Å²) in [5.74, 6) is 1.18. The van der Waals surface area contributed by atoms with Crippen LogP contribution >= 0.6 is 11.6 Å². The van der Waals surface area contributed by atoms with Crippen molar-refractivity contribution in [3.63, 3.8) is 0 Å². The zero-order chi connectivity index (χ0) is 14.5. The summed E-state index contributed by atoms with van der Waals surface area (Å²) in [7, 11) is 3.16. The van der Waals surface area contributed by atoms with E-state index in [4.69, 9.17) is 21.1 Å². The molecular formula is C15H17ClN2O2. The highest BCUT2D eigenvalue weighted by Gasteiger charge is 2.10. The second kappa shape index (κ2) is 6.48. The van der Waals surface area contributed by atoms with E-state index in [2.05, 4.69) is 10.3 Å². The second-order valence-corrected chi connectivity index (χ2v) is 4.82. The Morgan fingerprint density at radius 3 is 2.60 bits per heavy atom. The fraction of sp³-hybridized carbons (Fsp3) is 0.267. The van der Waals surface area contributed by atoms with Crippen LogP contribution in [0.25, 0.3) is 0 Å². The van der Waals surface area contributed by atoms with Gasteiger partial charge in [0.15, 0.2) is 11.5 Å². The molecule has 1 heterocycles. The van der Waals surface area contributed by atoms with Gasteiger partial charge in [0.25, 0.3) is 0 Å². The fourth-order valence-corrected chi connectivity index (χ4v) is 2.24. The summed E-state index contributed by atoms with van der Waals surface area (Å²) in [5.41, 5.74) is 3.09. The summed E-state index contributed by atoms with van der Waals surface area (Å²) in [4.78, 5) is 4.14. The van der Waals surface area contributed by atoms with Crippen molar-refractivity contribution in [2.24, 2.45) is 0 Å². The predicted octanol–water partition coefficient (Wildman–Crippen LogP) is 3.67. The first kappa shape index (κ1) is 14.5. The van der Waals surface area contributed by atoms with E-state index in [1.807, 2.05) is 31.3 Å². The molecule has 0 bridgehead atoms. The van der Waals surface area contributed by atoms with Crippen molar-refractivity contribution in [3.8, 4) is 11.5 Å². The van der Waals surface area contributed by atoms with E-state index in [1.165, 1.54) is 0 Å². The van der Waals surface area contributed by atoms with Crippen LogP contribution < -0.4 is 14.8 Å². The highest BCUT2D eigenvalue weighted by atomic mass is 35.5. The first-order chi connectivity index (χ1) is 9.63. The monoisotopic (exact) mass is 292 g/mol. The van der Waals surface area contributed by atoms with E-state index in [9.17, 15) is 0 Å². The molecule has 0 atom stereocenters. The third kappa shape index (κ3) is 3.33. The molecule has 2 rings (SSSR count). The van der Waals surface area contributed by atoms with Crippen molar-refractivity contribution in [2.45, 2.75) is 13.5 Å². The summed E-state index contributed by atoms with van der Waals surface area (Å²) in [6.07, 6.45) is 3.60. The van der Waals surface area contributed by atoms with Gasteiger partial charge in [0.1, 0.15) is 0 Å². The van der Waals surface area contributed by atoms with Gasteiger partial charge in [0.05, 0.1) is 24.9 Å². The van der Waals surface area contributed by atoms with Crippen LogP contribution in [0, 0.1) is 6.92 Å². The quantitative estimate of drug-likeness (QED) is 0.913. The minimum atomic E-state index is 0.533. The van der Waals surface area contributed by atoms with E-state index in [1.54, 1.807) is 20.4 Å². The van der Waals surface area contributed by atoms with E-state index in [0.29, 0.717) is 23.1 Å². The molecule has 20 heavy (non-hydrogen) atoms. The number of nitrogens with one attached hydrogen (secondary N) is 1. The Morgan fingerprint density at radius 2 is 1.95 bits per heavy atom. The van der Waals surface area contributed by atoms with Gasteiger partial charge in [-0.25, -0.2) is 0 Å². The van der Waals surface area contributed by atoms with Gasteiger partial charge in [-0.1, -0.05) is 11.6 Å². The van der Waals surface area contributed by atoms with Gasteiger partial charge in [-0.15, -0.1) is 0 Å². The Balaban J connectivity index is 2.16. The molecule has 5 heteroatoms. The van der Waals surface area contributed by atoms with E-state index >= 15 is 0 Å². The van der Waals surface area contributed by atoms with Crippen molar-refractivity contribution in [1.29, 1.82) is 0 Å². The van der Waals surface area contributed by atoms with Crippen LogP contribution in [0.2, 0.25) is 5.02 Å². The smallest absolute Gasteiger partial charge is 0.179 e. The van der Waals surface area contributed by atoms with E-state index in [-0.39, 0.29) is 0 Å². The average Bonchev–Trinajstić information content (AvgIpc) is 2.44. The number of aryl methyl sites for hydroxylation is 1. The SMILES string of the molecule is COc1cc(CNc2cncc(C)c2)cc(Cl)c1OC. The number of hydrogen-bond acceptors (Lipinski definition) is 4. The Morgan fingerprint density at radius 1 is 1.15 bits per heavy atom. The fourth-order valence-electron chi connectivity index (χ4n) is 1.93. The lowest BCUT2D eigenvalue weighted by Gasteiger charge is -2.12. The average molecular weight is 293 g/mol. The number of methoxy groups -OCH3 is 2. The summed E-state index contributed by atoms with van der Waals surface area (Å²) in [6.45, 7) is 2.64. The number of hydrogen-bond donors (Lipinski definition) is 1. The zero-order valence-corrected chi connectivity index (χ0v) is 12.5. The van der Waals surface area contributed by atoms with Gasteiger partial charge in [0, 0.05) is 18.9 Å². The second-order valence-electron chi connectivity index (χ2n) is 4.42. The number of pyridine rings is 1. The van der Waals surface area contributed by atoms with Gasteiger partial charge >= 0.3 is 0 Å². The standard InChI is InChI=1S/C15H17ClN2O2/c1-10-4-12(9-17-7-10)18-8-11-5-13(16)15(20-3)14(6-11)19-2/h4-7,9,18H,8H2,1-3H3. The van der Waals surface area contributed by atoms with Crippen LogP contribution in [0.4, 0.5) is 5.69 Å². The molecule has 0 aliphatic carbocycles. The van der Waals surface area contributed by atoms with Gasteiger partial charge in [-0.2, -0.15) is 0 Å². The Bertz CT molecular complexity index is 602. The molecule has 0 amide bonds. The summed E-state index contributed by atoms with van der Waals surface area (Å²) in [5, 5.41) is 3.83. The number of rotatable bonds is 5. The van der Waals surface area contributed by atoms with Crippen LogP contribution in [0.3, 0.4) is 0 Å². The van der Waals surface area contributed by atoms with Crippen molar-refractivity contribution in [1.82, 2.24) is 4.98 Å².